The topological polar surface area (TPSA) is 51.7 Å². The molecular formula is C20H24N2O3S. The minimum absolute atomic E-state index is 0.236. The Bertz CT molecular complexity index is 796. The van der Waals surface area contributed by atoms with Gasteiger partial charge in [-0.3, -0.25) is 0 Å². The van der Waals surface area contributed by atoms with E-state index in [0.717, 1.165) is 39.9 Å². The van der Waals surface area contributed by atoms with Crippen molar-refractivity contribution in [1.29, 1.82) is 0 Å². The summed E-state index contributed by atoms with van der Waals surface area (Å²) in [5.41, 5.74) is 2.61. The van der Waals surface area contributed by atoms with E-state index in [1.807, 2.05) is 25.1 Å². The smallest absolute Gasteiger partial charge is 0.338 e. The van der Waals surface area contributed by atoms with Crippen LogP contribution in [0, 0.1) is 6.92 Å². The highest BCUT2D eigenvalue weighted by molar-refractivity contribution is 7.15. The molecule has 0 radical (unpaired) electrons. The molecule has 6 heteroatoms. The van der Waals surface area contributed by atoms with E-state index in [4.69, 9.17) is 9.47 Å². The molecule has 0 spiro atoms. The van der Waals surface area contributed by atoms with Crippen LogP contribution >= 0.6 is 11.3 Å². The molecule has 138 valence electrons. The summed E-state index contributed by atoms with van der Waals surface area (Å²) in [4.78, 5) is 19.9. The lowest BCUT2D eigenvalue weighted by molar-refractivity contribution is 0.0535. The Labute approximate surface area is 157 Å². The van der Waals surface area contributed by atoms with Crippen molar-refractivity contribution in [2.45, 2.75) is 39.2 Å². The standard InChI is InChI=1S/C20H24N2O3S/c1-14-18(24-11-5-10-22-8-3-2-4-9-22)21-19(26-14)15-6-7-17-16(12-15)13-25-20(17)23/h6-7,12H,2-5,8-11,13H2,1H3. The van der Waals surface area contributed by atoms with Crippen molar-refractivity contribution in [2.75, 3.05) is 26.2 Å². The lowest BCUT2D eigenvalue weighted by atomic mass is 10.1. The summed E-state index contributed by atoms with van der Waals surface area (Å²) in [6.45, 7) is 6.66. The number of benzene rings is 1. The molecule has 3 heterocycles. The highest BCUT2D eigenvalue weighted by atomic mass is 32.1. The number of hydrogen-bond acceptors (Lipinski definition) is 6. The highest BCUT2D eigenvalue weighted by Crippen LogP contribution is 2.34. The molecule has 26 heavy (non-hydrogen) atoms. The van der Waals surface area contributed by atoms with Crippen LogP contribution in [0.1, 0.15) is 46.5 Å². The van der Waals surface area contributed by atoms with Gasteiger partial charge in [0.05, 0.1) is 17.0 Å². The molecule has 5 nitrogen and oxygen atoms in total. The first-order valence-electron chi connectivity index (χ1n) is 9.34. The number of piperidine rings is 1. The molecule has 2 aromatic rings. The van der Waals surface area contributed by atoms with E-state index in [1.54, 1.807) is 11.3 Å². The van der Waals surface area contributed by atoms with Gasteiger partial charge in [0.2, 0.25) is 5.88 Å². The minimum atomic E-state index is -0.236. The van der Waals surface area contributed by atoms with Crippen molar-refractivity contribution in [2.24, 2.45) is 0 Å². The van der Waals surface area contributed by atoms with Crippen LogP contribution in [0.5, 0.6) is 5.88 Å². The average Bonchev–Trinajstić information content (AvgIpc) is 3.22. The van der Waals surface area contributed by atoms with Gasteiger partial charge in [0, 0.05) is 17.7 Å². The Balaban J connectivity index is 1.36. The molecule has 0 aliphatic carbocycles. The van der Waals surface area contributed by atoms with Crippen molar-refractivity contribution in [3.8, 4) is 16.5 Å². The second-order valence-corrected chi connectivity index (χ2v) is 8.14. The zero-order valence-corrected chi connectivity index (χ0v) is 15.9. The molecule has 0 N–H and O–H groups in total. The average molecular weight is 372 g/mol. The van der Waals surface area contributed by atoms with Gasteiger partial charge in [-0.05, 0) is 51.4 Å². The summed E-state index contributed by atoms with van der Waals surface area (Å²) in [7, 11) is 0. The summed E-state index contributed by atoms with van der Waals surface area (Å²) in [5.74, 6) is 0.496. The summed E-state index contributed by atoms with van der Waals surface area (Å²) >= 11 is 1.63. The summed E-state index contributed by atoms with van der Waals surface area (Å²) in [6.07, 6.45) is 5.06. The van der Waals surface area contributed by atoms with Crippen LogP contribution in [0.4, 0.5) is 0 Å². The Morgan fingerprint density at radius 2 is 2.12 bits per heavy atom. The largest absolute Gasteiger partial charge is 0.477 e. The number of carbonyl (C=O) groups is 1. The number of nitrogens with zero attached hydrogens (tertiary/aromatic N) is 2. The molecular weight excluding hydrogens is 348 g/mol. The number of esters is 1. The van der Waals surface area contributed by atoms with Crippen LogP contribution in [0.3, 0.4) is 0 Å². The third kappa shape index (κ3) is 3.76. The molecule has 1 fully saturated rings. The Morgan fingerprint density at radius 1 is 1.27 bits per heavy atom. The molecule has 0 saturated carbocycles. The highest BCUT2D eigenvalue weighted by Gasteiger charge is 2.22. The third-order valence-corrected chi connectivity index (χ3v) is 5.99. The number of aryl methyl sites for hydroxylation is 1. The number of carbonyl (C=O) groups excluding carboxylic acids is 1. The zero-order chi connectivity index (χ0) is 17.9. The first-order chi connectivity index (χ1) is 12.7. The van der Waals surface area contributed by atoms with Gasteiger partial charge in [-0.1, -0.05) is 12.5 Å². The fourth-order valence-corrected chi connectivity index (χ4v) is 4.40. The van der Waals surface area contributed by atoms with Crippen molar-refractivity contribution >= 4 is 17.3 Å². The molecule has 1 saturated heterocycles. The molecule has 1 aromatic heterocycles. The number of cyclic esters (lactones) is 1. The second-order valence-electron chi connectivity index (χ2n) is 6.93. The van der Waals surface area contributed by atoms with E-state index in [2.05, 4.69) is 9.88 Å². The number of aromatic nitrogens is 1. The van der Waals surface area contributed by atoms with Crippen LogP contribution in [0.25, 0.3) is 10.6 Å². The fourth-order valence-electron chi connectivity index (χ4n) is 3.55. The van der Waals surface area contributed by atoms with E-state index in [1.165, 1.54) is 32.4 Å². The quantitative estimate of drug-likeness (QED) is 0.566. The summed E-state index contributed by atoms with van der Waals surface area (Å²) in [5, 5.41) is 0.927. The lowest BCUT2D eigenvalue weighted by Gasteiger charge is -2.26. The van der Waals surface area contributed by atoms with Gasteiger partial charge in [-0.25, -0.2) is 9.78 Å². The van der Waals surface area contributed by atoms with Gasteiger partial charge in [0.15, 0.2) is 0 Å². The molecule has 2 aliphatic heterocycles. The SMILES string of the molecule is Cc1sc(-c2ccc3c(c2)COC3=O)nc1OCCCN1CCCCC1. The van der Waals surface area contributed by atoms with Crippen molar-refractivity contribution in [1.82, 2.24) is 9.88 Å². The van der Waals surface area contributed by atoms with Gasteiger partial charge < -0.3 is 14.4 Å². The summed E-state index contributed by atoms with van der Waals surface area (Å²) < 4.78 is 11.0. The van der Waals surface area contributed by atoms with Gasteiger partial charge in [-0.15, -0.1) is 11.3 Å². The van der Waals surface area contributed by atoms with E-state index in [9.17, 15) is 4.79 Å². The Hall–Kier alpha value is -1.92. The zero-order valence-electron chi connectivity index (χ0n) is 15.1. The van der Waals surface area contributed by atoms with Crippen LogP contribution in [-0.4, -0.2) is 42.1 Å². The summed E-state index contributed by atoms with van der Waals surface area (Å²) in [6, 6.07) is 5.76. The van der Waals surface area contributed by atoms with Crippen LogP contribution in [-0.2, 0) is 11.3 Å². The predicted molar refractivity (Wildman–Crippen MR) is 102 cm³/mol. The molecule has 0 bridgehead atoms. The van der Waals surface area contributed by atoms with Crippen molar-refractivity contribution in [3.05, 3.63) is 34.2 Å². The second kappa shape index (κ2) is 7.76. The predicted octanol–water partition coefficient (Wildman–Crippen LogP) is 4.04. The Morgan fingerprint density at radius 3 is 2.96 bits per heavy atom. The first kappa shape index (κ1) is 17.5. The van der Waals surface area contributed by atoms with Crippen LogP contribution in [0.15, 0.2) is 18.2 Å². The van der Waals surface area contributed by atoms with E-state index >= 15 is 0 Å². The van der Waals surface area contributed by atoms with E-state index in [0.29, 0.717) is 18.8 Å². The molecule has 0 unspecified atom stereocenters. The van der Waals surface area contributed by atoms with Gasteiger partial charge in [-0.2, -0.15) is 0 Å². The lowest BCUT2D eigenvalue weighted by Crippen LogP contribution is -2.31. The van der Waals surface area contributed by atoms with Crippen molar-refractivity contribution < 1.29 is 14.3 Å². The maximum atomic E-state index is 11.6. The van der Waals surface area contributed by atoms with Gasteiger partial charge in [0.25, 0.3) is 0 Å². The number of fused-ring (bicyclic) bond motifs is 1. The van der Waals surface area contributed by atoms with Gasteiger partial charge in [0.1, 0.15) is 11.6 Å². The molecule has 4 rings (SSSR count). The number of thiazole rings is 1. The molecule has 0 amide bonds. The van der Waals surface area contributed by atoms with Crippen LogP contribution < -0.4 is 4.74 Å². The number of ether oxygens (including phenoxy) is 2. The minimum Gasteiger partial charge on any atom is -0.477 e. The molecule has 1 aromatic carbocycles. The maximum absolute atomic E-state index is 11.6. The van der Waals surface area contributed by atoms with E-state index in [-0.39, 0.29) is 5.97 Å². The van der Waals surface area contributed by atoms with Crippen molar-refractivity contribution in [3.63, 3.8) is 0 Å². The van der Waals surface area contributed by atoms with E-state index < -0.39 is 0 Å². The monoisotopic (exact) mass is 372 g/mol. The first-order valence-corrected chi connectivity index (χ1v) is 10.2. The number of likely N-dealkylation sites (tertiary alicyclic amines) is 1. The fraction of sp³-hybridized carbons (Fsp3) is 0.500. The maximum Gasteiger partial charge on any atom is 0.338 e. The number of hydrogen-bond donors (Lipinski definition) is 0. The normalized spacial score (nSPS) is 17.2. The molecule has 0 atom stereocenters. The Kier molecular flexibility index (Phi) is 5.22. The third-order valence-electron chi connectivity index (χ3n) is 4.99. The van der Waals surface area contributed by atoms with Crippen LogP contribution in [0.2, 0.25) is 0 Å². The van der Waals surface area contributed by atoms with Gasteiger partial charge >= 0.3 is 5.97 Å². The molecule has 2 aliphatic rings. The number of rotatable bonds is 6.